The normalized spacial score (nSPS) is 10.1. The van der Waals surface area contributed by atoms with Crippen molar-refractivity contribution in [2.45, 2.75) is 51.9 Å². The van der Waals surface area contributed by atoms with Crippen LogP contribution in [0.2, 0.25) is 0 Å². The maximum atomic E-state index is 11.1. The van der Waals surface area contributed by atoms with Gasteiger partial charge in [-0.15, -0.1) is 0 Å². The van der Waals surface area contributed by atoms with Crippen molar-refractivity contribution in [2.24, 2.45) is 0 Å². The van der Waals surface area contributed by atoms with Gasteiger partial charge in [-0.05, 0) is 25.0 Å². The van der Waals surface area contributed by atoms with E-state index in [0.717, 1.165) is 37.9 Å². The highest BCUT2D eigenvalue weighted by molar-refractivity contribution is 7.80. The topological polar surface area (TPSA) is 26.3 Å². The molecular formula is C11H22O2S. The Morgan fingerprint density at radius 2 is 1.86 bits per heavy atom. The summed E-state index contributed by atoms with van der Waals surface area (Å²) in [7, 11) is 0. The number of hydrogen-bond acceptors (Lipinski definition) is 3. The molecule has 2 nitrogen and oxygen atoms in total. The van der Waals surface area contributed by atoms with Crippen LogP contribution in [-0.2, 0) is 9.53 Å². The molecule has 0 unspecified atom stereocenters. The Balaban J connectivity index is 3.07. The summed E-state index contributed by atoms with van der Waals surface area (Å²) in [5.74, 6) is 0.914. The molecule has 0 N–H and O–H groups in total. The Hall–Kier alpha value is -0.180. The number of ether oxygens (including phenoxy) is 1. The molecule has 0 spiro atoms. The molecule has 0 radical (unpaired) electrons. The average molecular weight is 218 g/mol. The van der Waals surface area contributed by atoms with Gasteiger partial charge in [-0.2, -0.15) is 12.6 Å². The lowest BCUT2D eigenvalue weighted by Crippen LogP contribution is -2.05. The van der Waals surface area contributed by atoms with Gasteiger partial charge in [0.2, 0.25) is 0 Å². The van der Waals surface area contributed by atoms with E-state index in [1.807, 2.05) is 0 Å². The van der Waals surface area contributed by atoms with E-state index in [1.54, 1.807) is 0 Å². The van der Waals surface area contributed by atoms with Gasteiger partial charge in [-0.25, -0.2) is 0 Å². The second-order valence-corrected chi connectivity index (χ2v) is 3.91. The molecule has 0 saturated carbocycles. The smallest absolute Gasteiger partial charge is 0.305 e. The molecule has 84 valence electrons. The molecule has 0 heterocycles. The van der Waals surface area contributed by atoms with E-state index >= 15 is 0 Å². The summed E-state index contributed by atoms with van der Waals surface area (Å²) < 4.78 is 5.07. The minimum absolute atomic E-state index is 0.0407. The predicted octanol–water partition coefficient (Wildman–Crippen LogP) is 3.21. The van der Waals surface area contributed by atoms with Gasteiger partial charge < -0.3 is 4.74 Å². The third-order valence-electron chi connectivity index (χ3n) is 2.05. The molecule has 0 bridgehead atoms. The largest absolute Gasteiger partial charge is 0.466 e. The number of carbonyl (C=O) groups excluding carboxylic acids is 1. The number of esters is 1. The van der Waals surface area contributed by atoms with Crippen LogP contribution in [0.25, 0.3) is 0 Å². The Bertz CT molecular complexity index is 137. The van der Waals surface area contributed by atoms with Crippen LogP contribution in [0.5, 0.6) is 0 Å². The van der Waals surface area contributed by atoms with Gasteiger partial charge in [0.1, 0.15) is 0 Å². The fraction of sp³-hybridized carbons (Fsp3) is 0.909. The van der Waals surface area contributed by atoms with Crippen LogP contribution in [0.15, 0.2) is 0 Å². The van der Waals surface area contributed by atoms with Gasteiger partial charge >= 0.3 is 5.97 Å². The lowest BCUT2D eigenvalue weighted by atomic mass is 10.2. The fourth-order valence-electron chi connectivity index (χ4n) is 1.15. The molecule has 3 heteroatoms. The molecule has 0 atom stereocenters. The molecule has 0 rings (SSSR count). The molecule has 0 fully saturated rings. The van der Waals surface area contributed by atoms with Crippen molar-refractivity contribution < 1.29 is 9.53 Å². The first kappa shape index (κ1) is 13.8. The van der Waals surface area contributed by atoms with E-state index < -0.39 is 0 Å². The van der Waals surface area contributed by atoms with E-state index in [-0.39, 0.29) is 5.97 Å². The van der Waals surface area contributed by atoms with Crippen molar-refractivity contribution >= 4 is 18.6 Å². The molecular weight excluding hydrogens is 196 g/mol. The summed E-state index contributed by atoms with van der Waals surface area (Å²) in [5.41, 5.74) is 0. The molecule has 0 aliphatic heterocycles. The molecule has 14 heavy (non-hydrogen) atoms. The first-order chi connectivity index (χ1) is 6.81. The summed E-state index contributed by atoms with van der Waals surface area (Å²) in [5, 5.41) is 0. The zero-order valence-electron chi connectivity index (χ0n) is 9.13. The van der Waals surface area contributed by atoms with E-state index in [2.05, 4.69) is 19.6 Å². The van der Waals surface area contributed by atoms with Crippen molar-refractivity contribution in [2.75, 3.05) is 12.4 Å². The highest BCUT2D eigenvalue weighted by Crippen LogP contribution is 2.02. The zero-order chi connectivity index (χ0) is 10.6. The summed E-state index contributed by atoms with van der Waals surface area (Å²) >= 11 is 4.13. The molecule has 0 saturated heterocycles. The van der Waals surface area contributed by atoms with Gasteiger partial charge in [0.25, 0.3) is 0 Å². The Morgan fingerprint density at radius 1 is 1.14 bits per heavy atom. The molecule has 0 aliphatic rings. The van der Waals surface area contributed by atoms with Crippen LogP contribution >= 0.6 is 12.6 Å². The van der Waals surface area contributed by atoms with Gasteiger partial charge in [0, 0.05) is 6.42 Å². The Kier molecular flexibility index (Phi) is 10.8. The first-order valence-electron chi connectivity index (χ1n) is 5.57. The van der Waals surface area contributed by atoms with E-state index in [4.69, 9.17) is 4.74 Å². The van der Waals surface area contributed by atoms with Crippen molar-refractivity contribution in [3.63, 3.8) is 0 Å². The lowest BCUT2D eigenvalue weighted by Gasteiger charge is -2.03. The molecule has 0 aromatic rings. The summed E-state index contributed by atoms with van der Waals surface area (Å²) in [6.07, 6.45) is 7.05. The zero-order valence-corrected chi connectivity index (χ0v) is 10.0. The van der Waals surface area contributed by atoms with Crippen molar-refractivity contribution in [3.8, 4) is 0 Å². The van der Waals surface area contributed by atoms with Crippen LogP contribution < -0.4 is 0 Å². The summed E-state index contributed by atoms with van der Waals surface area (Å²) in [6, 6.07) is 0. The van der Waals surface area contributed by atoms with E-state index in [1.165, 1.54) is 6.42 Å². The standard InChI is InChI=1S/C11H22O2S/c1-2-3-8-11(12)13-9-6-4-5-7-10-14/h14H,2-10H2,1H3. The molecule has 0 aromatic heterocycles. The van der Waals surface area contributed by atoms with Gasteiger partial charge in [0.15, 0.2) is 0 Å². The van der Waals surface area contributed by atoms with Crippen molar-refractivity contribution in [1.82, 2.24) is 0 Å². The number of carbonyl (C=O) groups is 1. The summed E-state index contributed by atoms with van der Waals surface area (Å²) in [6.45, 7) is 2.67. The van der Waals surface area contributed by atoms with Crippen LogP contribution in [0.4, 0.5) is 0 Å². The molecule has 0 aliphatic carbocycles. The minimum atomic E-state index is -0.0407. The SMILES string of the molecule is CCCCC(=O)OCCCCCCS. The first-order valence-corrected chi connectivity index (χ1v) is 6.21. The lowest BCUT2D eigenvalue weighted by molar-refractivity contribution is -0.143. The molecule has 0 amide bonds. The van der Waals surface area contributed by atoms with Crippen molar-refractivity contribution in [3.05, 3.63) is 0 Å². The third-order valence-corrected chi connectivity index (χ3v) is 2.37. The Morgan fingerprint density at radius 3 is 2.50 bits per heavy atom. The number of hydrogen-bond donors (Lipinski definition) is 1. The maximum absolute atomic E-state index is 11.1. The van der Waals surface area contributed by atoms with Crippen LogP contribution in [0, 0.1) is 0 Å². The molecule has 0 aromatic carbocycles. The quantitative estimate of drug-likeness (QED) is 0.365. The van der Waals surface area contributed by atoms with Gasteiger partial charge in [-0.3, -0.25) is 4.79 Å². The number of unbranched alkanes of at least 4 members (excludes halogenated alkanes) is 4. The average Bonchev–Trinajstić information content (AvgIpc) is 2.20. The van der Waals surface area contributed by atoms with Crippen LogP contribution in [0.3, 0.4) is 0 Å². The van der Waals surface area contributed by atoms with E-state index in [9.17, 15) is 4.79 Å². The van der Waals surface area contributed by atoms with E-state index in [0.29, 0.717) is 13.0 Å². The minimum Gasteiger partial charge on any atom is -0.466 e. The van der Waals surface area contributed by atoms with Crippen molar-refractivity contribution in [1.29, 1.82) is 0 Å². The highest BCUT2D eigenvalue weighted by atomic mass is 32.1. The second-order valence-electron chi connectivity index (χ2n) is 3.46. The fourth-order valence-corrected chi connectivity index (χ4v) is 1.37. The Labute approximate surface area is 92.8 Å². The van der Waals surface area contributed by atoms with Gasteiger partial charge in [0.05, 0.1) is 6.61 Å². The third kappa shape index (κ3) is 9.90. The monoisotopic (exact) mass is 218 g/mol. The number of rotatable bonds is 9. The maximum Gasteiger partial charge on any atom is 0.305 e. The van der Waals surface area contributed by atoms with Gasteiger partial charge in [-0.1, -0.05) is 26.2 Å². The predicted molar refractivity (Wildman–Crippen MR) is 62.8 cm³/mol. The summed E-state index contributed by atoms with van der Waals surface area (Å²) in [4.78, 5) is 11.1. The van der Waals surface area contributed by atoms with Crippen LogP contribution in [-0.4, -0.2) is 18.3 Å². The number of thiol groups is 1. The highest BCUT2D eigenvalue weighted by Gasteiger charge is 2.00. The van der Waals surface area contributed by atoms with Crippen LogP contribution in [0.1, 0.15) is 51.9 Å². The second kappa shape index (κ2) is 10.9.